The first-order chi connectivity index (χ1) is 14.8. The maximum absolute atomic E-state index is 6.72. The van der Waals surface area contributed by atoms with Gasteiger partial charge in [-0.1, -0.05) is 62.3 Å². The molecule has 0 radical (unpaired) electrons. The fraction of sp³-hybridized carbons (Fsp3) is 1.00. The highest BCUT2D eigenvalue weighted by atomic mass is 28.4. The Hall–Kier alpha value is 0.451. The summed E-state index contributed by atoms with van der Waals surface area (Å²) in [4.78, 5) is 12.6. The van der Waals surface area contributed by atoms with E-state index < -0.39 is 30.7 Å². The van der Waals surface area contributed by atoms with E-state index in [9.17, 15) is 0 Å². The molecule has 0 spiro atoms. The van der Waals surface area contributed by atoms with Crippen LogP contribution in [0.2, 0.25) is 54.4 Å². The molecule has 0 aromatic carbocycles. The molecule has 1 aliphatic rings. The lowest BCUT2D eigenvalue weighted by Gasteiger charge is -2.44. The molecule has 192 valence electrons. The van der Waals surface area contributed by atoms with Crippen LogP contribution < -0.4 is 0 Å². The van der Waals surface area contributed by atoms with Crippen molar-refractivity contribution in [2.75, 3.05) is 0 Å². The molecular weight excluding hydrogens is 453 g/mol. The lowest BCUT2D eigenvalue weighted by Crippen LogP contribution is -2.51. The van der Waals surface area contributed by atoms with Crippen molar-refractivity contribution in [3.8, 4) is 0 Å². The summed E-state index contributed by atoms with van der Waals surface area (Å²) in [6.07, 6.45) is 3.58. The summed E-state index contributed by atoms with van der Waals surface area (Å²) in [6.45, 7) is 24.9. The molecule has 0 aromatic heterocycles. The van der Waals surface area contributed by atoms with Crippen molar-refractivity contribution in [3.05, 3.63) is 0 Å². The zero-order chi connectivity index (χ0) is 24.7. The van der Waals surface area contributed by atoms with E-state index in [0.717, 1.165) is 61.9 Å². The van der Waals surface area contributed by atoms with Crippen molar-refractivity contribution in [3.63, 3.8) is 0 Å². The van der Waals surface area contributed by atoms with Gasteiger partial charge in [-0.3, -0.25) is 9.15 Å². The van der Waals surface area contributed by atoms with Crippen LogP contribution in [0.3, 0.4) is 0 Å². The van der Waals surface area contributed by atoms with Crippen molar-refractivity contribution in [1.29, 1.82) is 0 Å². The molecule has 0 heterocycles. The Morgan fingerprint density at radius 3 is 1.31 bits per heavy atom. The predicted octanol–water partition coefficient (Wildman–Crippen LogP) is 8.55. The van der Waals surface area contributed by atoms with E-state index in [1.807, 2.05) is 0 Å². The molecule has 0 N–H and O–H groups in total. The summed E-state index contributed by atoms with van der Waals surface area (Å²) in [7, 11) is -5.60. The molecule has 1 aliphatic carbocycles. The summed E-state index contributed by atoms with van der Waals surface area (Å²) >= 11 is 0. The van der Waals surface area contributed by atoms with E-state index in [0.29, 0.717) is 0 Å². The molecule has 0 bridgehead atoms. The van der Waals surface area contributed by atoms with Gasteiger partial charge in [0.25, 0.3) is 0 Å². The zero-order valence-electron chi connectivity index (χ0n) is 23.2. The third-order valence-corrected chi connectivity index (χ3v) is 21.7. The van der Waals surface area contributed by atoms with Gasteiger partial charge in [-0.2, -0.15) is 0 Å². The second-order valence-electron chi connectivity index (χ2n) is 11.3. The molecule has 0 unspecified atom stereocenters. The van der Waals surface area contributed by atoms with Gasteiger partial charge < -0.3 is 4.43 Å². The van der Waals surface area contributed by atoms with Crippen molar-refractivity contribution < 1.29 is 23.4 Å². The summed E-state index contributed by atoms with van der Waals surface area (Å²) in [5, 5.41) is 0.212. The largest absolute Gasteiger partial charge is 0.414 e. The van der Waals surface area contributed by atoms with Crippen LogP contribution in [0.25, 0.3) is 0 Å². The van der Waals surface area contributed by atoms with E-state index >= 15 is 0 Å². The Morgan fingerprint density at radius 1 is 0.688 bits per heavy atom. The average molecular weight is 507 g/mol. The van der Waals surface area contributed by atoms with E-state index in [2.05, 4.69) is 75.4 Å². The first-order valence-corrected chi connectivity index (χ1v) is 21.2. The van der Waals surface area contributed by atoms with Gasteiger partial charge >= 0.3 is 0 Å². The van der Waals surface area contributed by atoms with Gasteiger partial charge in [0.2, 0.25) is 22.4 Å². The van der Waals surface area contributed by atoms with Gasteiger partial charge in [0.15, 0.2) is 8.32 Å². The highest BCUT2D eigenvalue weighted by Gasteiger charge is 2.47. The minimum absolute atomic E-state index is 0.212. The highest BCUT2D eigenvalue weighted by molar-refractivity contribution is 6.74. The van der Waals surface area contributed by atoms with Gasteiger partial charge in [0, 0.05) is 18.9 Å². The van der Waals surface area contributed by atoms with Crippen molar-refractivity contribution >= 4 is 25.0 Å². The maximum atomic E-state index is 6.72. The minimum Gasteiger partial charge on any atom is -0.414 e. The fourth-order valence-electron chi connectivity index (χ4n) is 4.11. The SMILES string of the molecule is CC[Si](CC)(CC)OOC1(OO[Si](CC)(CC)CC)CCC(O[Si](C)(C)C(C)(C)C)CC1. The lowest BCUT2D eigenvalue weighted by atomic mass is 9.92. The van der Waals surface area contributed by atoms with E-state index in [1.54, 1.807) is 0 Å². The monoisotopic (exact) mass is 506 g/mol. The fourth-order valence-corrected chi connectivity index (χ4v) is 9.89. The first-order valence-electron chi connectivity index (χ1n) is 13.2. The molecule has 1 fully saturated rings. The summed E-state index contributed by atoms with van der Waals surface area (Å²) in [6, 6.07) is 6.28. The molecular formula is C24H54O5Si3. The van der Waals surface area contributed by atoms with Gasteiger partial charge in [-0.25, -0.2) is 9.78 Å². The van der Waals surface area contributed by atoms with Gasteiger partial charge in [-0.05, 0) is 67.2 Å². The van der Waals surface area contributed by atoms with Crippen LogP contribution >= 0.6 is 0 Å². The summed E-state index contributed by atoms with van der Waals surface area (Å²) in [5.41, 5.74) is 0. The van der Waals surface area contributed by atoms with Crippen LogP contribution in [0, 0.1) is 0 Å². The summed E-state index contributed by atoms with van der Waals surface area (Å²) in [5.74, 6) is -0.817. The smallest absolute Gasteiger partial charge is 0.238 e. The zero-order valence-corrected chi connectivity index (χ0v) is 26.2. The third-order valence-electron chi connectivity index (χ3n) is 8.57. The average Bonchev–Trinajstić information content (AvgIpc) is 2.77. The Balaban J connectivity index is 2.98. The third kappa shape index (κ3) is 7.73. The quantitative estimate of drug-likeness (QED) is 0.102. The molecule has 0 atom stereocenters. The van der Waals surface area contributed by atoms with Crippen molar-refractivity contribution in [2.45, 2.75) is 154 Å². The minimum atomic E-state index is -1.90. The van der Waals surface area contributed by atoms with Crippen LogP contribution in [0.15, 0.2) is 0 Å². The number of hydrogen-bond donors (Lipinski definition) is 0. The van der Waals surface area contributed by atoms with Crippen LogP contribution in [0.5, 0.6) is 0 Å². The molecule has 1 saturated carbocycles. The topological polar surface area (TPSA) is 46.2 Å². The molecule has 8 heteroatoms. The standard InChI is InChI=1S/C24H54O5Si3/c1-12-31(13-2,14-3)28-26-24(27-29-32(15-4,16-5)17-6)20-18-22(19-21-24)25-30(10,11)23(7,8)9/h22H,12-21H2,1-11H3. The van der Waals surface area contributed by atoms with Crippen LogP contribution in [-0.4, -0.2) is 36.8 Å². The van der Waals surface area contributed by atoms with E-state index in [-0.39, 0.29) is 11.1 Å². The Bertz CT molecular complexity index is 492. The van der Waals surface area contributed by atoms with Gasteiger partial charge in [-0.15, -0.1) is 0 Å². The number of hydrogen-bond acceptors (Lipinski definition) is 5. The Morgan fingerprint density at radius 2 is 1.03 bits per heavy atom. The van der Waals surface area contributed by atoms with Gasteiger partial charge in [0.05, 0.1) is 0 Å². The van der Waals surface area contributed by atoms with Gasteiger partial charge in [0.1, 0.15) is 0 Å². The van der Waals surface area contributed by atoms with Crippen LogP contribution in [0.4, 0.5) is 0 Å². The number of rotatable bonds is 14. The molecule has 0 aromatic rings. The van der Waals surface area contributed by atoms with Crippen LogP contribution in [0.1, 0.15) is 88.0 Å². The molecule has 5 nitrogen and oxygen atoms in total. The Labute approximate surface area is 202 Å². The second kappa shape index (κ2) is 12.4. The molecule has 1 rings (SSSR count). The molecule has 32 heavy (non-hydrogen) atoms. The van der Waals surface area contributed by atoms with Crippen molar-refractivity contribution in [1.82, 2.24) is 0 Å². The van der Waals surface area contributed by atoms with Crippen LogP contribution in [-0.2, 0) is 23.4 Å². The highest BCUT2D eigenvalue weighted by Crippen LogP contribution is 2.42. The normalized spacial score (nSPS) is 18.8. The second-order valence-corrected chi connectivity index (χ2v) is 25.4. The molecule has 0 aliphatic heterocycles. The predicted molar refractivity (Wildman–Crippen MR) is 142 cm³/mol. The summed E-state index contributed by atoms with van der Waals surface area (Å²) < 4.78 is 19.3. The van der Waals surface area contributed by atoms with E-state index in [4.69, 9.17) is 23.4 Å². The van der Waals surface area contributed by atoms with Crippen molar-refractivity contribution in [2.24, 2.45) is 0 Å². The lowest BCUT2D eigenvalue weighted by molar-refractivity contribution is -0.475. The molecule has 0 amide bonds. The first kappa shape index (κ1) is 30.5. The Kier molecular flexibility index (Phi) is 11.8. The van der Waals surface area contributed by atoms with E-state index in [1.165, 1.54) is 0 Å². The molecule has 0 saturated heterocycles. The maximum Gasteiger partial charge on any atom is 0.238 e.